The predicted molar refractivity (Wildman–Crippen MR) is 78.7 cm³/mol. The Hall–Kier alpha value is -1.03. The van der Waals surface area contributed by atoms with Crippen LogP contribution in [0.3, 0.4) is 0 Å². The molecule has 104 valence electrons. The molecule has 0 fully saturated rings. The molecule has 0 saturated carbocycles. The second-order valence-corrected chi connectivity index (χ2v) is 7.32. The van der Waals surface area contributed by atoms with Gasteiger partial charge >= 0.3 is 0 Å². The number of hydrogen-bond acceptors (Lipinski definition) is 4. The molecule has 0 aliphatic carbocycles. The summed E-state index contributed by atoms with van der Waals surface area (Å²) in [4.78, 5) is 0.236. The third-order valence-corrected chi connectivity index (χ3v) is 5.81. The summed E-state index contributed by atoms with van der Waals surface area (Å²) in [5, 5.41) is 8.87. The lowest BCUT2D eigenvalue weighted by Crippen LogP contribution is -2.36. The number of hydrogen-bond donors (Lipinski definition) is 0. The molecule has 0 aliphatic heterocycles. The van der Waals surface area contributed by atoms with Crippen LogP contribution in [0, 0.1) is 18.3 Å². The first-order valence-electron chi connectivity index (χ1n) is 5.82. The number of aryl methyl sites for hydroxylation is 1. The first kappa shape index (κ1) is 16.0. The van der Waals surface area contributed by atoms with Crippen molar-refractivity contribution in [2.75, 3.05) is 19.1 Å². The van der Waals surface area contributed by atoms with E-state index in [1.54, 1.807) is 37.9 Å². The van der Waals surface area contributed by atoms with Crippen molar-refractivity contribution in [3.8, 4) is 6.07 Å². The number of rotatable bonds is 5. The normalized spacial score (nSPS) is 13.3. The lowest BCUT2D eigenvalue weighted by molar-refractivity contribution is 0.415. The second-order valence-electron chi connectivity index (χ2n) is 4.41. The van der Waals surface area contributed by atoms with E-state index >= 15 is 0 Å². The maximum absolute atomic E-state index is 12.4. The Labute approximate surface area is 119 Å². The van der Waals surface area contributed by atoms with E-state index in [1.165, 1.54) is 10.4 Å². The Kier molecular flexibility index (Phi) is 5.41. The van der Waals surface area contributed by atoms with Gasteiger partial charge < -0.3 is 0 Å². The predicted octanol–water partition coefficient (Wildman–Crippen LogP) is 2.24. The Morgan fingerprint density at radius 2 is 2.11 bits per heavy atom. The average molecular weight is 298 g/mol. The van der Waals surface area contributed by atoms with Crippen LogP contribution in [0.2, 0.25) is 0 Å². The number of thioether (sulfide) groups is 1. The van der Waals surface area contributed by atoms with Gasteiger partial charge in [-0.3, -0.25) is 0 Å². The van der Waals surface area contributed by atoms with E-state index in [1.807, 2.05) is 19.2 Å². The van der Waals surface area contributed by atoms with Gasteiger partial charge in [-0.2, -0.15) is 21.3 Å². The molecule has 6 heteroatoms. The summed E-state index contributed by atoms with van der Waals surface area (Å²) >= 11 is 1.61. The number of sulfonamides is 1. The zero-order valence-electron chi connectivity index (χ0n) is 11.5. The largest absolute Gasteiger partial charge is 0.243 e. The third kappa shape index (κ3) is 3.50. The Bertz CT molecular complexity index is 591. The molecule has 0 spiro atoms. The van der Waals surface area contributed by atoms with Gasteiger partial charge in [-0.05, 0) is 43.9 Å². The summed E-state index contributed by atoms with van der Waals surface area (Å²) in [7, 11) is -1.91. The summed E-state index contributed by atoms with van der Waals surface area (Å²) in [5.41, 5.74) is 1.17. The highest BCUT2D eigenvalue weighted by Crippen LogP contribution is 2.20. The molecule has 0 bridgehead atoms. The molecular formula is C13H18N2O2S2. The molecule has 0 aliphatic rings. The molecule has 0 saturated heterocycles. The summed E-state index contributed by atoms with van der Waals surface area (Å²) in [6, 6.07) is 6.55. The molecule has 0 N–H and O–H groups in total. The molecule has 0 radical (unpaired) electrons. The van der Waals surface area contributed by atoms with Gasteiger partial charge in [0, 0.05) is 18.8 Å². The third-order valence-electron chi connectivity index (χ3n) is 3.02. The molecule has 19 heavy (non-hydrogen) atoms. The molecular weight excluding hydrogens is 280 g/mol. The summed E-state index contributed by atoms with van der Waals surface area (Å²) in [6.45, 7) is 3.62. The highest BCUT2D eigenvalue weighted by atomic mass is 32.2. The van der Waals surface area contributed by atoms with Gasteiger partial charge in [0.05, 0.1) is 16.5 Å². The van der Waals surface area contributed by atoms with E-state index < -0.39 is 10.0 Å². The summed E-state index contributed by atoms with van der Waals surface area (Å²) in [5.74, 6) is 0.741. The van der Waals surface area contributed by atoms with Gasteiger partial charge in [-0.1, -0.05) is 0 Å². The van der Waals surface area contributed by atoms with Gasteiger partial charge in [0.2, 0.25) is 10.0 Å². The molecule has 0 aromatic heterocycles. The average Bonchev–Trinajstić information content (AvgIpc) is 2.37. The number of nitrogens with zero attached hydrogens (tertiary/aromatic N) is 2. The molecule has 1 atom stereocenters. The highest BCUT2D eigenvalue weighted by Gasteiger charge is 2.25. The maximum atomic E-state index is 12.4. The lowest BCUT2D eigenvalue weighted by atomic mass is 10.1. The van der Waals surface area contributed by atoms with Crippen molar-refractivity contribution >= 4 is 21.8 Å². The maximum Gasteiger partial charge on any atom is 0.243 e. The fraction of sp³-hybridized carbons (Fsp3) is 0.462. The topological polar surface area (TPSA) is 61.2 Å². The van der Waals surface area contributed by atoms with Crippen molar-refractivity contribution in [1.82, 2.24) is 4.31 Å². The molecule has 0 amide bonds. The molecule has 0 heterocycles. The minimum atomic E-state index is -3.50. The monoisotopic (exact) mass is 298 g/mol. The highest BCUT2D eigenvalue weighted by molar-refractivity contribution is 7.98. The van der Waals surface area contributed by atoms with Crippen molar-refractivity contribution in [2.24, 2.45) is 0 Å². The second kappa shape index (κ2) is 6.42. The van der Waals surface area contributed by atoms with Crippen LogP contribution in [0.4, 0.5) is 0 Å². The van der Waals surface area contributed by atoms with Crippen molar-refractivity contribution in [1.29, 1.82) is 5.26 Å². The van der Waals surface area contributed by atoms with E-state index in [9.17, 15) is 8.42 Å². The first-order chi connectivity index (χ1) is 8.84. The van der Waals surface area contributed by atoms with Crippen LogP contribution in [0.15, 0.2) is 23.1 Å². The van der Waals surface area contributed by atoms with Crippen LogP contribution >= 0.6 is 11.8 Å². The Morgan fingerprint density at radius 3 is 2.58 bits per heavy atom. The van der Waals surface area contributed by atoms with Crippen molar-refractivity contribution in [2.45, 2.75) is 24.8 Å². The van der Waals surface area contributed by atoms with Crippen LogP contribution in [0.1, 0.15) is 18.1 Å². The minimum Gasteiger partial charge on any atom is -0.207 e. The lowest BCUT2D eigenvalue weighted by Gasteiger charge is -2.23. The minimum absolute atomic E-state index is 0.0732. The summed E-state index contributed by atoms with van der Waals surface area (Å²) in [6.07, 6.45) is 1.95. The SMILES string of the molecule is CSCC(C)N(C)S(=O)(=O)c1ccc(C#N)c(C)c1. The van der Waals surface area contributed by atoms with Crippen LogP contribution < -0.4 is 0 Å². The molecule has 1 unspecified atom stereocenters. The van der Waals surface area contributed by atoms with Crippen LogP contribution in [-0.2, 0) is 10.0 Å². The standard InChI is InChI=1S/C13H18N2O2S2/c1-10-7-13(6-5-12(10)8-14)19(16,17)15(3)11(2)9-18-4/h5-7,11H,9H2,1-4H3. The van der Waals surface area contributed by atoms with E-state index in [4.69, 9.17) is 5.26 Å². The van der Waals surface area contributed by atoms with E-state index in [0.717, 1.165) is 5.75 Å². The Morgan fingerprint density at radius 1 is 1.47 bits per heavy atom. The quantitative estimate of drug-likeness (QED) is 0.836. The number of benzene rings is 1. The molecule has 1 rings (SSSR count). The van der Waals surface area contributed by atoms with E-state index in [2.05, 4.69) is 0 Å². The molecule has 1 aromatic carbocycles. The fourth-order valence-electron chi connectivity index (χ4n) is 1.67. The van der Waals surface area contributed by atoms with Gasteiger partial charge in [0.1, 0.15) is 0 Å². The fourth-order valence-corrected chi connectivity index (χ4v) is 3.92. The molecule has 4 nitrogen and oxygen atoms in total. The van der Waals surface area contributed by atoms with Crippen LogP contribution in [0.25, 0.3) is 0 Å². The van der Waals surface area contributed by atoms with Gasteiger partial charge in [0.15, 0.2) is 0 Å². The molecule has 1 aromatic rings. The van der Waals surface area contributed by atoms with Crippen LogP contribution in [0.5, 0.6) is 0 Å². The number of nitriles is 1. The zero-order valence-corrected chi connectivity index (χ0v) is 13.2. The van der Waals surface area contributed by atoms with Crippen LogP contribution in [-0.4, -0.2) is 37.8 Å². The first-order valence-corrected chi connectivity index (χ1v) is 8.65. The van der Waals surface area contributed by atoms with Crippen molar-refractivity contribution in [3.63, 3.8) is 0 Å². The van der Waals surface area contributed by atoms with E-state index in [0.29, 0.717) is 11.1 Å². The van der Waals surface area contributed by atoms with Gasteiger partial charge in [-0.25, -0.2) is 8.42 Å². The van der Waals surface area contributed by atoms with Crippen molar-refractivity contribution < 1.29 is 8.42 Å². The Balaban J connectivity index is 3.14. The van der Waals surface area contributed by atoms with Gasteiger partial charge in [0.25, 0.3) is 0 Å². The van der Waals surface area contributed by atoms with Crippen molar-refractivity contribution in [3.05, 3.63) is 29.3 Å². The zero-order chi connectivity index (χ0) is 14.6. The summed E-state index contributed by atoms with van der Waals surface area (Å²) < 4.78 is 26.2. The smallest absolute Gasteiger partial charge is 0.207 e. The van der Waals surface area contributed by atoms with E-state index in [-0.39, 0.29) is 10.9 Å². The van der Waals surface area contributed by atoms with Gasteiger partial charge in [-0.15, -0.1) is 0 Å².